The first-order valence-corrected chi connectivity index (χ1v) is 6.77. The number of pyridine rings is 1. The van der Waals surface area contributed by atoms with Crippen molar-refractivity contribution in [2.75, 3.05) is 11.9 Å². The number of fused-ring (bicyclic) bond motifs is 1. The summed E-state index contributed by atoms with van der Waals surface area (Å²) in [5.74, 6) is 0.103. The van der Waals surface area contributed by atoms with Crippen LogP contribution in [0.5, 0.6) is 0 Å². The maximum Gasteiger partial charge on any atom is 0.350 e. The minimum atomic E-state index is -0.618. The van der Waals surface area contributed by atoms with Crippen molar-refractivity contribution in [1.29, 1.82) is 5.26 Å². The third-order valence-corrected chi connectivity index (χ3v) is 3.24. The van der Waals surface area contributed by atoms with Crippen molar-refractivity contribution in [3.63, 3.8) is 0 Å². The Bertz CT molecular complexity index is 573. The highest BCUT2D eigenvalue weighted by atomic mass is 16.5. The number of rotatable bonds is 4. The lowest BCUT2D eigenvalue weighted by atomic mass is 9.92. The SMILES string of the molecule is CCOC(=O)/C(C#N)=C\Nc1nccc2c1CCCC2. The van der Waals surface area contributed by atoms with Crippen molar-refractivity contribution in [1.82, 2.24) is 4.98 Å². The molecule has 0 amide bonds. The van der Waals surface area contributed by atoms with Gasteiger partial charge in [0, 0.05) is 12.4 Å². The number of ether oxygens (including phenoxy) is 1. The Labute approximate surface area is 118 Å². The number of aryl methyl sites for hydroxylation is 1. The second kappa shape index (κ2) is 6.71. The summed E-state index contributed by atoms with van der Waals surface area (Å²) in [5, 5.41) is 11.9. The van der Waals surface area contributed by atoms with E-state index in [9.17, 15) is 4.79 Å². The molecule has 0 saturated heterocycles. The van der Waals surface area contributed by atoms with E-state index in [4.69, 9.17) is 10.00 Å². The summed E-state index contributed by atoms with van der Waals surface area (Å²) in [6.45, 7) is 1.95. The van der Waals surface area contributed by atoms with E-state index in [2.05, 4.69) is 10.3 Å². The molecule has 1 aromatic heterocycles. The maximum absolute atomic E-state index is 11.5. The molecule has 1 aliphatic carbocycles. The highest BCUT2D eigenvalue weighted by Gasteiger charge is 2.14. The van der Waals surface area contributed by atoms with E-state index < -0.39 is 5.97 Å². The molecule has 0 saturated carbocycles. The van der Waals surface area contributed by atoms with Crippen LogP contribution in [0.4, 0.5) is 5.82 Å². The Balaban J connectivity index is 2.18. The molecule has 5 heteroatoms. The number of carbonyl (C=O) groups excluding carboxylic acids is 1. The molecule has 0 spiro atoms. The van der Waals surface area contributed by atoms with Gasteiger partial charge in [-0.05, 0) is 49.8 Å². The van der Waals surface area contributed by atoms with Gasteiger partial charge in [0.15, 0.2) is 5.57 Å². The molecule has 0 bridgehead atoms. The highest BCUT2D eigenvalue weighted by Crippen LogP contribution is 2.26. The lowest BCUT2D eigenvalue weighted by Crippen LogP contribution is -2.10. The molecule has 1 aliphatic rings. The molecule has 20 heavy (non-hydrogen) atoms. The fourth-order valence-corrected chi connectivity index (χ4v) is 2.27. The molecule has 0 atom stereocenters. The molecular weight excluding hydrogens is 254 g/mol. The topological polar surface area (TPSA) is 75.0 Å². The molecule has 0 unspecified atom stereocenters. The van der Waals surface area contributed by atoms with Crippen LogP contribution in [0, 0.1) is 11.3 Å². The van der Waals surface area contributed by atoms with Crippen LogP contribution in [0.1, 0.15) is 30.9 Å². The highest BCUT2D eigenvalue weighted by molar-refractivity contribution is 5.93. The van der Waals surface area contributed by atoms with Gasteiger partial charge in [0.2, 0.25) is 0 Å². The summed E-state index contributed by atoms with van der Waals surface area (Å²) >= 11 is 0. The van der Waals surface area contributed by atoms with Gasteiger partial charge >= 0.3 is 5.97 Å². The zero-order chi connectivity index (χ0) is 14.4. The second-order valence-electron chi connectivity index (χ2n) is 4.54. The Kier molecular flexibility index (Phi) is 4.72. The zero-order valence-corrected chi connectivity index (χ0v) is 11.5. The molecule has 1 heterocycles. The largest absolute Gasteiger partial charge is 0.462 e. The van der Waals surface area contributed by atoms with E-state index in [1.165, 1.54) is 23.7 Å². The van der Waals surface area contributed by atoms with Crippen LogP contribution in [0.3, 0.4) is 0 Å². The van der Waals surface area contributed by atoms with Gasteiger partial charge < -0.3 is 10.1 Å². The van der Waals surface area contributed by atoms with Crippen molar-refractivity contribution in [2.45, 2.75) is 32.6 Å². The third-order valence-electron chi connectivity index (χ3n) is 3.24. The van der Waals surface area contributed by atoms with Gasteiger partial charge in [-0.15, -0.1) is 0 Å². The van der Waals surface area contributed by atoms with Crippen LogP contribution in [0.25, 0.3) is 0 Å². The number of carbonyl (C=O) groups is 1. The van der Waals surface area contributed by atoms with E-state index in [1.807, 2.05) is 12.1 Å². The molecule has 1 aromatic rings. The van der Waals surface area contributed by atoms with Gasteiger partial charge in [-0.2, -0.15) is 5.26 Å². The number of hydrogen-bond donors (Lipinski definition) is 1. The standard InChI is InChI=1S/C15H17N3O2/c1-2-20-15(19)12(9-16)10-18-14-13-6-4-3-5-11(13)7-8-17-14/h7-8,10H,2-6H2,1H3,(H,17,18)/b12-10-. The molecule has 5 nitrogen and oxygen atoms in total. The molecule has 104 valence electrons. The Morgan fingerprint density at radius 2 is 2.35 bits per heavy atom. The number of nitriles is 1. The van der Waals surface area contributed by atoms with Crippen LogP contribution in [-0.4, -0.2) is 17.6 Å². The summed E-state index contributed by atoms with van der Waals surface area (Å²) in [6.07, 6.45) is 7.48. The molecule has 0 aromatic carbocycles. The molecule has 2 rings (SSSR count). The fraction of sp³-hybridized carbons (Fsp3) is 0.400. The first-order chi connectivity index (χ1) is 9.76. The minimum absolute atomic E-state index is 0.0536. The third kappa shape index (κ3) is 3.15. The van der Waals surface area contributed by atoms with Crippen molar-refractivity contribution >= 4 is 11.8 Å². The summed E-state index contributed by atoms with van der Waals surface area (Å²) in [5.41, 5.74) is 2.41. The molecule has 0 fully saturated rings. The van der Waals surface area contributed by atoms with Crippen molar-refractivity contribution in [3.8, 4) is 6.07 Å². The van der Waals surface area contributed by atoms with E-state index in [1.54, 1.807) is 13.1 Å². The lowest BCUT2D eigenvalue weighted by Gasteiger charge is -2.18. The Morgan fingerprint density at radius 1 is 1.55 bits per heavy atom. The van der Waals surface area contributed by atoms with Crippen LogP contribution in [0.15, 0.2) is 24.0 Å². The minimum Gasteiger partial charge on any atom is -0.462 e. The number of aromatic nitrogens is 1. The van der Waals surface area contributed by atoms with Crippen molar-refractivity contribution < 1.29 is 9.53 Å². The maximum atomic E-state index is 11.5. The van der Waals surface area contributed by atoms with Crippen LogP contribution in [-0.2, 0) is 22.4 Å². The zero-order valence-electron chi connectivity index (χ0n) is 11.5. The Morgan fingerprint density at radius 3 is 3.10 bits per heavy atom. The number of nitrogens with zero attached hydrogens (tertiary/aromatic N) is 2. The Hall–Kier alpha value is -2.35. The summed E-state index contributed by atoms with van der Waals surface area (Å²) in [7, 11) is 0. The van der Waals surface area contributed by atoms with E-state index in [0.717, 1.165) is 25.1 Å². The van der Waals surface area contributed by atoms with Crippen LogP contribution >= 0.6 is 0 Å². The number of esters is 1. The molecule has 0 radical (unpaired) electrons. The smallest absolute Gasteiger partial charge is 0.350 e. The van der Waals surface area contributed by atoms with Gasteiger partial charge in [-0.25, -0.2) is 9.78 Å². The predicted molar refractivity (Wildman–Crippen MR) is 74.8 cm³/mol. The quantitative estimate of drug-likeness (QED) is 0.517. The number of nitrogens with one attached hydrogen (secondary N) is 1. The second-order valence-corrected chi connectivity index (χ2v) is 4.54. The average molecular weight is 271 g/mol. The van der Waals surface area contributed by atoms with Crippen molar-refractivity contribution in [2.24, 2.45) is 0 Å². The van der Waals surface area contributed by atoms with E-state index >= 15 is 0 Å². The van der Waals surface area contributed by atoms with Gasteiger partial charge in [0.25, 0.3) is 0 Å². The van der Waals surface area contributed by atoms with Gasteiger partial charge in [0.05, 0.1) is 6.61 Å². The fourth-order valence-electron chi connectivity index (χ4n) is 2.27. The first kappa shape index (κ1) is 14.1. The summed E-state index contributed by atoms with van der Waals surface area (Å²) in [4.78, 5) is 15.8. The van der Waals surface area contributed by atoms with Gasteiger partial charge in [-0.3, -0.25) is 0 Å². The van der Waals surface area contributed by atoms with Gasteiger partial charge in [0.1, 0.15) is 11.9 Å². The molecule has 0 aliphatic heterocycles. The number of hydrogen-bond acceptors (Lipinski definition) is 5. The average Bonchev–Trinajstić information content (AvgIpc) is 2.48. The normalized spacial score (nSPS) is 14.1. The van der Waals surface area contributed by atoms with Crippen molar-refractivity contribution in [3.05, 3.63) is 35.2 Å². The first-order valence-electron chi connectivity index (χ1n) is 6.77. The van der Waals surface area contributed by atoms with E-state index in [0.29, 0.717) is 0 Å². The monoisotopic (exact) mass is 271 g/mol. The lowest BCUT2D eigenvalue weighted by molar-refractivity contribution is -0.138. The molecule has 1 N–H and O–H groups in total. The summed E-state index contributed by atoms with van der Waals surface area (Å²) in [6, 6.07) is 3.86. The van der Waals surface area contributed by atoms with E-state index in [-0.39, 0.29) is 12.2 Å². The number of anilines is 1. The summed E-state index contributed by atoms with van der Waals surface area (Å²) < 4.78 is 4.81. The van der Waals surface area contributed by atoms with Crippen LogP contribution < -0.4 is 5.32 Å². The molecular formula is C15H17N3O2. The predicted octanol–water partition coefficient (Wildman–Crippen LogP) is 2.34. The van der Waals surface area contributed by atoms with Crippen LogP contribution in [0.2, 0.25) is 0 Å². The van der Waals surface area contributed by atoms with Gasteiger partial charge in [-0.1, -0.05) is 0 Å².